The van der Waals surface area contributed by atoms with Gasteiger partial charge in [0.05, 0.1) is 5.92 Å². The largest absolute Gasteiger partial charge is 0.327 e. The highest BCUT2D eigenvalue weighted by Crippen LogP contribution is 2.26. The number of amides is 2. The summed E-state index contributed by atoms with van der Waals surface area (Å²) in [6.07, 6.45) is 1.26. The third kappa shape index (κ3) is 3.71. The molecule has 0 spiro atoms. The summed E-state index contributed by atoms with van der Waals surface area (Å²) < 4.78 is 0. The first kappa shape index (κ1) is 16.5. The zero-order chi connectivity index (χ0) is 14.0. The maximum absolute atomic E-state index is 11.9. The highest BCUT2D eigenvalue weighted by atomic mass is 35.5. The molecule has 0 fully saturated rings. The highest BCUT2D eigenvalue weighted by Gasteiger charge is 2.19. The van der Waals surface area contributed by atoms with Crippen LogP contribution in [0, 0.1) is 5.92 Å². The summed E-state index contributed by atoms with van der Waals surface area (Å²) in [6.45, 7) is 3.59. The smallest absolute Gasteiger partial charge is 0.228 e. The van der Waals surface area contributed by atoms with Crippen molar-refractivity contribution in [2.75, 3.05) is 10.6 Å². The minimum atomic E-state index is -0.259. The second-order valence-electron chi connectivity index (χ2n) is 5.06. The molecule has 0 aromatic heterocycles. The maximum Gasteiger partial charge on any atom is 0.228 e. The number of hydrogen-bond acceptors (Lipinski definition) is 3. The second kappa shape index (κ2) is 6.72. The molecule has 1 aromatic rings. The summed E-state index contributed by atoms with van der Waals surface area (Å²) >= 11 is 0. The molecule has 2 atom stereocenters. The topological polar surface area (TPSA) is 84.2 Å². The van der Waals surface area contributed by atoms with Gasteiger partial charge in [0, 0.05) is 23.8 Å². The lowest BCUT2D eigenvalue weighted by Gasteiger charge is -2.19. The number of nitrogens with one attached hydrogen (secondary N) is 2. The first-order chi connectivity index (χ1) is 8.97. The molecular weight excluding hydrogens is 278 g/mol. The number of rotatable bonds is 3. The number of carbonyl (C=O) groups excluding carboxylic acids is 2. The lowest BCUT2D eigenvalue weighted by molar-refractivity contribution is -0.119. The molecule has 6 heteroatoms. The fraction of sp³-hybridized carbons (Fsp3) is 0.429. The van der Waals surface area contributed by atoms with Gasteiger partial charge in [0.1, 0.15) is 0 Å². The van der Waals surface area contributed by atoms with Crippen LogP contribution >= 0.6 is 12.4 Å². The van der Waals surface area contributed by atoms with Crippen molar-refractivity contribution in [1.29, 1.82) is 0 Å². The van der Waals surface area contributed by atoms with Gasteiger partial charge in [-0.25, -0.2) is 0 Å². The molecule has 2 amide bonds. The van der Waals surface area contributed by atoms with Crippen LogP contribution in [0.4, 0.5) is 11.4 Å². The van der Waals surface area contributed by atoms with Crippen LogP contribution in [0.1, 0.15) is 25.8 Å². The number of anilines is 2. The number of nitrogens with two attached hydrogens (primary N) is 1. The standard InChI is InChI=1S/C14H19N3O2.ClH/c1-8(9(2)15)14(19)16-11-5-3-10-4-6-13(18)17-12(10)7-11;/h3,5,7-9H,4,6,15H2,1-2H3,(H,16,19)(H,17,18);1H. The summed E-state index contributed by atoms with van der Waals surface area (Å²) in [7, 11) is 0. The van der Waals surface area contributed by atoms with Gasteiger partial charge in [-0.1, -0.05) is 13.0 Å². The average molecular weight is 298 g/mol. The van der Waals surface area contributed by atoms with Crippen LogP contribution in [0.15, 0.2) is 18.2 Å². The minimum absolute atomic E-state index is 0. The van der Waals surface area contributed by atoms with Gasteiger partial charge in [-0.05, 0) is 31.0 Å². The lowest BCUT2D eigenvalue weighted by atomic mass is 10.0. The molecule has 1 aliphatic rings. The van der Waals surface area contributed by atoms with E-state index < -0.39 is 0 Å². The number of carbonyl (C=O) groups is 2. The molecule has 1 aromatic carbocycles. The molecule has 0 saturated heterocycles. The molecule has 0 bridgehead atoms. The zero-order valence-electron chi connectivity index (χ0n) is 11.6. The van der Waals surface area contributed by atoms with Crippen molar-refractivity contribution in [3.63, 3.8) is 0 Å². The van der Waals surface area contributed by atoms with Gasteiger partial charge in [0.15, 0.2) is 0 Å². The molecule has 2 rings (SSSR count). The molecule has 0 saturated carbocycles. The Morgan fingerprint density at radius 3 is 2.70 bits per heavy atom. The Labute approximate surface area is 124 Å². The number of benzene rings is 1. The Bertz CT molecular complexity index is 517. The Hall–Kier alpha value is -1.59. The van der Waals surface area contributed by atoms with Crippen LogP contribution in [0.2, 0.25) is 0 Å². The normalized spacial score (nSPS) is 16.2. The van der Waals surface area contributed by atoms with Crippen molar-refractivity contribution < 1.29 is 9.59 Å². The van der Waals surface area contributed by atoms with Gasteiger partial charge < -0.3 is 16.4 Å². The third-order valence-corrected chi connectivity index (χ3v) is 3.48. The van der Waals surface area contributed by atoms with Gasteiger partial charge in [0.25, 0.3) is 0 Å². The Kier molecular flexibility index (Phi) is 5.53. The van der Waals surface area contributed by atoms with Crippen molar-refractivity contribution in [1.82, 2.24) is 0 Å². The highest BCUT2D eigenvalue weighted by molar-refractivity contribution is 5.97. The molecule has 4 N–H and O–H groups in total. The molecule has 1 heterocycles. The monoisotopic (exact) mass is 297 g/mol. The number of hydrogen-bond donors (Lipinski definition) is 3. The molecular formula is C14H20ClN3O2. The van der Waals surface area contributed by atoms with Gasteiger partial charge in [0.2, 0.25) is 11.8 Å². The van der Waals surface area contributed by atoms with Crippen LogP contribution in [-0.2, 0) is 16.0 Å². The summed E-state index contributed by atoms with van der Waals surface area (Å²) in [6, 6.07) is 5.37. The molecule has 5 nitrogen and oxygen atoms in total. The first-order valence-corrected chi connectivity index (χ1v) is 6.46. The van der Waals surface area contributed by atoms with E-state index in [0.717, 1.165) is 17.7 Å². The van der Waals surface area contributed by atoms with Gasteiger partial charge >= 0.3 is 0 Å². The quantitative estimate of drug-likeness (QED) is 0.797. The Morgan fingerprint density at radius 1 is 1.35 bits per heavy atom. The van der Waals surface area contributed by atoms with Crippen molar-refractivity contribution in [2.24, 2.45) is 11.7 Å². The van der Waals surface area contributed by atoms with Crippen LogP contribution in [-0.4, -0.2) is 17.9 Å². The summed E-state index contributed by atoms with van der Waals surface area (Å²) in [5, 5.41) is 5.63. The van der Waals surface area contributed by atoms with Gasteiger partial charge in [-0.3, -0.25) is 9.59 Å². The van der Waals surface area contributed by atoms with E-state index in [2.05, 4.69) is 10.6 Å². The fourth-order valence-electron chi connectivity index (χ4n) is 1.94. The SMILES string of the molecule is CC(N)C(C)C(=O)Nc1ccc2c(c1)NC(=O)CC2.Cl. The fourth-order valence-corrected chi connectivity index (χ4v) is 1.94. The van der Waals surface area contributed by atoms with E-state index in [-0.39, 0.29) is 36.2 Å². The molecule has 0 aliphatic carbocycles. The Morgan fingerprint density at radius 2 is 2.05 bits per heavy atom. The number of halogens is 1. The minimum Gasteiger partial charge on any atom is -0.327 e. The zero-order valence-corrected chi connectivity index (χ0v) is 12.4. The molecule has 1 aliphatic heterocycles. The van der Waals surface area contributed by atoms with E-state index in [0.29, 0.717) is 12.1 Å². The van der Waals surface area contributed by atoms with Gasteiger partial charge in [-0.2, -0.15) is 0 Å². The van der Waals surface area contributed by atoms with Crippen molar-refractivity contribution >= 4 is 35.6 Å². The maximum atomic E-state index is 11.9. The predicted molar refractivity (Wildman–Crippen MR) is 82.1 cm³/mol. The van der Waals surface area contributed by atoms with Gasteiger partial charge in [-0.15, -0.1) is 12.4 Å². The summed E-state index contributed by atoms with van der Waals surface area (Å²) in [4.78, 5) is 23.2. The summed E-state index contributed by atoms with van der Waals surface area (Å²) in [5.74, 6) is -0.359. The Balaban J connectivity index is 0.00000200. The molecule has 2 unspecified atom stereocenters. The van der Waals surface area contributed by atoms with E-state index in [9.17, 15) is 9.59 Å². The van der Waals surface area contributed by atoms with Crippen LogP contribution in [0.5, 0.6) is 0 Å². The predicted octanol–water partition coefficient (Wildman–Crippen LogP) is 1.91. The van der Waals surface area contributed by atoms with Crippen LogP contribution in [0.3, 0.4) is 0 Å². The van der Waals surface area contributed by atoms with E-state index in [1.807, 2.05) is 12.1 Å². The van der Waals surface area contributed by atoms with Crippen LogP contribution < -0.4 is 16.4 Å². The molecule has 110 valence electrons. The van der Waals surface area contributed by atoms with Crippen LogP contribution in [0.25, 0.3) is 0 Å². The van der Waals surface area contributed by atoms with Crippen molar-refractivity contribution in [3.05, 3.63) is 23.8 Å². The second-order valence-corrected chi connectivity index (χ2v) is 5.06. The van der Waals surface area contributed by atoms with E-state index in [4.69, 9.17) is 5.73 Å². The van der Waals surface area contributed by atoms with Crippen molar-refractivity contribution in [3.8, 4) is 0 Å². The number of aryl methyl sites for hydroxylation is 1. The van der Waals surface area contributed by atoms with E-state index in [1.54, 1.807) is 19.9 Å². The third-order valence-electron chi connectivity index (χ3n) is 3.48. The average Bonchev–Trinajstić information content (AvgIpc) is 2.37. The summed E-state index contributed by atoms with van der Waals surface area (Å²) in [5.41, 5.74) is 8.26. The lowest BCUT2D eigenvalue weighted by Crippen LogP contribution is -2.34. The van der Waals surface area contributed by atoms with Crippen molar-refractivity contribution in [2.45, 2.75) is 32.7 Å². The van der Waals surface area contributed by atoms with E-state index in [1.165, 1.54) is 0 Å². The first-order valence-electron chi connectivity index (χ1n) is 6.46. The van der Waals surface area contributed by atoms with E-state index >= 15 is 0 Å². The molecule has 0 radical (unpaired) electrons. The number of fused-ring (bicyclic) bond motifs is 1. The molecule has 20 heavy (non-hydrogen) atoms.